The molecule has 0 radical (unpaired) electrons. The first kappa shape index (κ1) is 12.8. The Morgan fingerprint density at radius 2 is 2.42 bits per heavy atom. The fourth-order valence-corrected chi connectivity index (χ4v) is 3.61. The predicted molar refractivity (Wildman–Crippen MR) is 76.4 cm³/mol. The SMILES string of the molecule is CC(=O)CC1CCCCN1Cc1cn2ccsc2n1. The van der Waals surface area contributed by atoms with Crippen molar-refractivity contribution in [2.24, 2.45) is 0 Å². The Morgan fingerprint density at radius 3 is 3.21 bits per heavy atom. The molecule has 1 atom stereocenters. The van der Waals surface area contributed by atoms with Crippen LogP contribution in [0.25, 0.3) is 4.96 Å². The number of carbonyl (C=O) groups excluding carboxylic acids is 1. The number of ketones is 1. The second kappa shape index (κ2) is 5.43. The van der Waals surface area contributed by atoms with E-state index >= 15 is 0 Å². The number of piperidine rings is 1. The van der Waals surface area contributed by atoms with Gasteiger partial charge in [0.25, 0.3) is 0 Å². The van der Waals surface area contributed by atoms with E-state index in [1.54, 1.807) is 18.3 Å². The average Bonchev–Trinajstić information content (AvgIpc) is 2.91. The summed E-state index contributed by atoms with van der Waals surface area (Å²) >= 11 is 1.66. The third-order valence-corrected chi connectivity index (χ3v) is 4.55. The molecule has 0 aromatic carbocycles. The van der Waals surface area contributed by atoms with Gasteiger partial charge >= 0.3 is 0 Å². The number of Topliss-reactive ketones (excluding diaryl/α,β-unsaturated/α-hetero) is 1. The van der Waals surface area contributed by atoms with Crippen LogP contribution >= 0.6 is 11.3 Å². The molecule has 1 aliphatic rings. The Labute approximate surface area is 117 Å². The van der Waals surface area contributed by atoms with Gasteiger partial charge < -0.3 is 0 Å². The minimum absolute atomic E-state index is 0.294. The van der Waals surface area contributed by atoms with E-state index in [0.717, 1.165) is 30.2 Å². The molecular weight excluding hydrogens is 258 g/mol. The van der Waals surface area contributed by atoms with Gasteiger partial charge in [0.05, 0.1) is 5.69 Å². The highest BCUT2D eigenvalue weighted by Crippen LogP contribution is 2.22. The number of aromatic nitrogens is 2. The minimum atomic E-state index is 0.294. The van der Waals surface area contributed by atoms with Crippen LogP contribution in [0.1, 0.15) is 38.3 Å². The van der Waals surface area contributed by atoms with Crippen molar-refractivity contribution in [2.45, 2.75) is 45.2 Å². The Bertz CT molecular complexity index is 546. The molecule has 4 nitrogen and oxygen atoms in total. The van der Waals surface area contributed by atoms with Gasteiger partial charge in [-0.25, -0.2) is 4.98 Å². The van der Waals surface area contributed by atoms with Gasteiger partial charge in [-0.05, 0) is 26.3 Å². The van der Waals surface area contributed by atoms with Crippen LogP contribution in [0.4, 0.5) is 0 Å². The van der Waals surface area contributed by atoms with Crippen molar-refractivity contribution >= 4 is 22.1 Å². The normalized spacial score (nSPS) is 21.0. The topological polar surface area (TPSA) is 37.6 Å². The van der Waals surface area contributed by atoms with Crippen LogP contribution in [-0.4, -0.2) is 32.7 Å². The number of hydrogen-bond donors (Lipinski definition) is 0. The van der Waals surface area contributed by atoms with E-state index < -0.39 is 0 Å². The summed E-state index contributed by atoms with van der Waals surface area (Å²) in [4.78, 5) is 19.5. The Balaban J connectivity index is 1.72. The molecule has 3 heterocycles. The fourth-order valence-electron chi connectivity index (χ4n) is 2.89. The molecular formula is C14H19N3OS. The molecule has 2 aromatic heterocycles. The van der Waals surface area contributed by atoms with Gasteiger partial charge in [0.1, 0.15) is 5.78 Å². The lowest BCUT2D eigenvalue weighted by Crippen LogP contribution is -2.40. The van der Waals surface area contributed by atoms with Crippen molar-refractivity contribution in [1.82, 2.24) is 14.3 Å². The van der Waals surface area contributed by atoms with Crippen molar-refractivity contribution in [3.8, 4) is 0 Å². The molecule has 102 valence electrons. The number of imidazole rings is 1. The molecule has 1 aliphatic heterocycles. The maximum atomic E-state index is 11.4. The van der Waals surface area contributed by atoms with Crippen molar-refractivity contribution < 1.29 is 4.79 Å². The zero-order valence-corrected chi connectivity index (χ0v) is 12.0. The third kappa shape index (κ3) is 2.87. The lowest BCUT2D eigenvalue weighted by Gasteiger charge is -2.34. The molecule has 0 spiro atoms. The molecule has 5 heteroatoms. The van der Waals surface area contributed by atoms with Crippen molar-refractivity contribution in [3.05, 3.63) is 23.5 Å². The first-order chi connectivity index (χ1) is 9.22. The number of nitrogens with zero attached hydrogens (tertiary/aromatic N) is 3. The zero-order chi connectivity index (χ0) is 13.2. The van der Waals surface area contributed by atoms with Gasteiger partial charge in [0, 0.05) is 36.8 Å². The van der Waals surface area contributed by atoms with E-state index in [0.29, 0.717) is 18.2 Å². The highest BCUT2D eigenvalue weighted by atomic mass is 32.1. The molecule has 1 saturated heterocycles. The van der Waals surface area contributed by atoms with E-state index in [1.807, 2.05) is 11.6 Å². The molecule has 2 aromatic rings. The summed E-state index contributed by atoms with van der Waals surface area (Å²) in [5.74, 6) is 0.294. The number of thiazole rings is 1. The predicted octanol–water partition coefficient (Wildman–Crippen LogP) is 2.73. The molecule has 1 unspecified atom stereocenters. The van der Waals surface area contributed by atoms with Gasteiger partial charge in [-0.15, -0.1) is 11.3 Å². The van der Waals surface area contributed by atoms with Crippen LogP contribution < -0.4 is 0 Å². The highest BCUT2D eigenvalue weighted by Gasteiger charge is 2.24. The standard InChI is InChI=1S/C14H19N3OS/c1-11(18)8-13-4-2-3-5-16(13)9-12-10-17-6-7-19-14(17)15-12/h6-7,10,13H,2-5,8-9H2,1H3. The fraction of sp³-hybridized carbons (Fsp3) is 0.571. The molecule has 3 rings (SSSR count). The maximum Gasteiger partial charge on any atom is 0.193 e. The summed E-state index contributed by atoms with van der Waals surface area (Å²) in [6.45, 7) is 3.65. The highest BCUT2D eigenvalue weighted by molar-refractivity contribution is 7.15. The second-order valence-corrected chi connectivity index (χ2v) is 6.22. The summed E-state index contributed by atoms with van der Waals surface area (Å²) in [5, 5.41) is 2.05. The van der Waals surface area contributed by atoms with Crippen LogP contribution in [0.15, 0.2) is 17.8 Å². The van der Waals surface area contributed by atoms with E-state index in [4.69, 9.17) is 0 Å². The van der Waals surface area contributed by atoms with Gasteiger partial charge in [-0.2, -0.15) is 0 Å². The van der Waals surface area contributed by atoms with Gasteiger partial charge in [-0.1, -0.05) is 6.42 Å². The quantitative estimate of drug-likeness (QED) is 0.862. The number of carbonyl (C=O) groups is 1. The molecule has 0 bridgehead atoms. The van der Waals surface area contributed by atoms with Crippen LogP contribution in [-0.2, 0) is 11.3 Å². The number of fused-ring (bicyclic) bond motifs is 1. The van der Waals surface area contributed by atoms with Crippen LogP contribution in [0, 0.1) is 0 Å². The lowest BCUT2D eigenvalue weighted by atomic mass is 9.97. The van der Waals surface area contributed by atoms with Gasteiger partial charge in [-0.3, -0.25) is 14.1 Å². The third-order valence-electron chi connectivity index (χ3n) is 3.78. The minimum Gasteiger partial charge on any atom is -0.300 e. The monoisotopic (exact) mass is 277 g/mol. The van der Waals surface area contributed by atoms with E-state index in [-0.39, 0.29) is 0 Å². The van der Waals surface area contributed by atoms with E-state index in [1.165, 1.54) is 12.8 Å². The van der Waals surface area contributed by atoms with E-state index in [2.05, 4.69) is 20.5 Å². The first-order valence-electron chi connectivity index (χ1n) is 6.87. The van der Waals surface area contributed by atoms with Crippen molar-refractivity contribution in [1.29, 1.82) is 0 Å². The number of hydrogen-bond acceptors (Lipinski definition) is 4. The smallest absolute Gasteiger partial charge is 0.193 e. The lowest BCUT2D eigenvalue weighted by molar-refractivity contribution is -0.118. The first-order valence-corrected chi connectivity index (χ1v) is 7.75. The summed E-state index contributed by atoms with van der Waals surface area (Å²) in [7, 11) is 0. The molecule has 0 saturated carbocycles. The van der Waals surface area contributed by atoms with Gasteiger partial charge in [0.15, 0.2) is 4.96 Å². The summed E-state index contributed by atoms with van der Waals surface area (Å²) in [5.41, 5.74) is 1.11. The van der Waals surface area contributed by atoms with Crippen LogP contribution in [0.5, 0.6) is 0 Å². The Morgan fingerprint density at radius 1 is 1.53 bits per heavy atom. The Kier molecular flexibility index (Phi) is 3.66. The molecule has 0 aliphatic carbocycles. The van der Waals surface area contributed by atoms with Crippen LogP contribution in [0.2, 0.25) is 0 Å². The summed E-state index contributed by atoms with van der Waals surface area (Å²) in [6, 6.07) is 0.408. The number of rotatable bonds is 4. The summed E-state index contributed by atoms with van der Waals surface area (Å²) in [6.07, 6.45) is 8.44. The van der Waals surface area contributed by atoms with Crippen molar-refractivity contribution in [2.75, 3.05) is 6.54 Å². The second-order valence-electron chi connectivity index (χ2n) is 5.35. The average molecular weight is 277 g/mol. The number of likely N-dealkylation sites (tertiary alicyclic amines) is 1. The summed E-state index contributed by atoms with van der Waals surface area (Å²) < 4.78 is 2.07. The van der Waals surface area contributed by atoms with Crippen molar-refractivity contribution in [3.63, 3.8) is 0 Å². The molecule has 0 amide bonds. The van der Waals surface area contributed by atoms with E-state index in [9.17, 15) is 4.79 Å². The molecule has 1 fully saturated rings. The largest absolute Gasteiger partial charge is 0.300 e. The maximum absolute atomic E-state index is 11.4. The Hall–Kier alpha value is -1.20. The molecule has 0 N–H and O–H groups in total. The zero-order valence-electron chi connectivity index (χ0n) is 11.2. The van der Waals surface area contributed by atoms with Gasteiger partial charge in [0.2, 0.25) is 0 Å². The molecule has 19 heavy (non-hydrogen) atoms. The van der Waals surface area contributed by atoms with Crippen LogP contribution in [0.3, 0.4) is 0 Å².